The zero-order chi connectivity index (χ0) is 20.3. The summed E-state index contributed by atoms with van der Waals surface area (Å²) in [7, 11) is 1.59. The molecule has 1 aromatic carbocycles. The molecule has 1 fully saturated rings. The summed E-state index contributed by atoms with van der Waals surface area (Å²) in [5.41, 5.74) is 1.29. The van der Waals surface area contributed by atoms with E-state index in [9.17, 15) is 14.9 Å². The first-order valence-corrected chi connectivity index (χ1v) is 9.83. The number of nitro benzene ring substituents is 1. The highest BCUT2D eigenvalue weighted by Crippen LogP contribution is 2.26. The van der Waals surface area contributed by atoms with Gasteiger partial charge in [0.15, 0.2) is 5.13 Å². The van der Waals surface area contributed by atoms with Crippen LogP contribution < -0.4 is 10.6 Å². The number of anilines is 2. The van der Waals surface area contributed by atoms with Gasteiger partial charge in [-0.25, -0.2) is 4.98 Å². The van der Waals surface area contributed by atoms with Crippen LogP contribution in [0.25, 0.3) is 0 Å². The van der Waals surface area contributed by atoms with Gasteiger partial charge < -0.3 is 10.1 Å². The Morgan fingerprint density at radius 3 is 2.75 bits per heavy atom. The molecule has 10 heteroatoms. The van der Waals surface area contributed by atoms with E-state index in [1.54, 1.807) is 13.1 Å². The number of thiazole rings is 1. The number of hydrogen-bond donors (Lipinski definition) is 2. The summed E-state index contributed by atoms with van der Waals surface area (Å²) in [6, 6.07) is 4.31. The van der Waals surface area contributed by atoms with E-state index in [-0.39, 0.29) is 23.5 Å². The van der Waals surface area contributed by atoms with Crippen LogP contribution in [-0.4, -0.2) is 53.1 Å². The van der Waals surface area contributed by atoms with Gasteiger partial charge in [0, 0.05) is 43.7 Å². The van der Waals surface area contributed by atoms with Crippen molar-refractivity contribution in [3.8, 4) is 0 Å². The maximum absolute atomic E-state index is 12.5. The third kappa shape index (κ3) is 4.83. The number of morpholine rings is 1. The number of rotatable bonds is 6. The minimum Gasteiger partial charge on any atom is -0.383 e. The van der Waals surface area contributed by atoms with Crippen molar-refractivity contribution in [2.75, 3.05) is 30.8 Å². The van der Waals surface area contributed by atoms with Crippen LogP contribution in [0, 0.1) is 10.1 Å². The zero-order valence-electron chi connectivity index (χ0n) is 16.0. The normalized spacial score (nSPS) is 20.0. The van der Waals surface area contributed by atoms with Gasteiger partial charge in [0.2, 0.25) is 0 Å². The predicted octanol–water partition coefficient (Wildman–Crippen LogP) is 2.95. The Bertz CT molecular complexity index is 861. The number of amides is 1. The number of carbonyl (C=O) groups is 1. The highest BCUT2D eigenvalue weighted by atomic mass is 32.1. The van der Waals surface area contributed by atoms with Crippen molar-refractivity contribution in [3.05, 3.63) is 45.0 Å². The Balaban J connectivity index is 1.65. The molecule has 2 heterocycles. The molecule has 2 aromatic rings. The van der Waals surface area contributed by atoms with Crippen molar-refractivity contribution in [1.82, 2.24) is 9.88 Å². The van der Waals surface area contributed by atoms with Crippen molar-refractivity contribution < 1.29 is 14.5 Å². The standard InChI is InChI=1S/C18H23N5O4S/c1-11-7-22(8-12(2)27-11)9-14-10-28-18(20-14)21-17(24)13-4-5-15(19-3)16(6-13)23(25)26/h4-6,10-12,19H,7-9H2,1-3H3,(H,20,21,24)/t11-,12-/m1/s1. The fourth-order valence-corrected chi connectivity index (χ4v) is 3.98. The predicted molar refractivity (Wildman–Crippen MR) is 108 cm³/mol. The molecule has 1 aliphatic rings. The fraction of sp³-hybridized carbons (Fsp3) is 0.444. The van der Waals surface area contributed by atoms with Gasteiger partial charge in [-0.3, -0.25) is 25.1 Å². The first-order chi connectivity index (χ1) is 13.4. The third-order valence-electron chi connectivity index (χ3n) is 4.38. The Labute approximate surface area is 166 Å². The monoisotopic (exact) mass is 405 g/mol. The SMILES string of the molecule is CNc1ccc(C(=O)Nc2nc(CN3C[C@@H](C)O[C@H](C)C3)cs2)cc1[N+](=O)[O-]. The molecule has 2 atom stereocenters. The maximum atomic E-state index is 12.5. The topological polar surface area (TPSA) is 110 Å². The number of aromatic nitrogens is 1. The molecule has 0 unspecified atom stereocenters. The van der Waals surface area contributed by atoms with Crippen molar-refractivity contribution >= 4 is 33.8 Å². The number of ether oxygens (including phenoxy) is 1. The van der Waals surface area contributed by atoms with E-state index in [2.05, 4.69) is 20.5 Å². The lowest BCUT2D eigenvalue weighted by Crippen LogP contribution is -2.44. The summed E-state index contributed by atoms with van der Waals surface area (Å²) in [6.07, 6.45) is 0.357. The van der Waals surface area contributed by atoms with Gasteiger partial charge >= 0.3 is 0 Å². The molecule has 0 spiro atoms. The zero-order valence-corrected chi connectivity index (χ0v) is 16.8. The number of benzene rings is 1. The summed E-state index contributed by atoms with van der Waals surface area (Å²) in [5.74, 6) is -0.430. The molecular formula is C18H23N5O4S. The molecular weight excluding hydrogens is 382 g/mol. The lowest BCUT2D eigenvalue weighted by atomic mass is 10.1. The molecule has 28 heavy (non-hydrogen) atoms. The lowest BCUT2D eigenvalue weighted by Gasteiger charge is -2.34. The number of carbonyl (C=O) groups excluding carboxylic acids is 1. The Morgan fingerprint density at radius 2 is 2.11 bits per heavy atom. The van der Waals surface area contributed by atoms with Crippen LogP contribution in [0.15, 0.2) is 23.6 Å². The Hall–Kier alpha value is -2.56. The quantitative estimate of drug-likeness (QED) is 0.562. The molecule has 9 nitrogen and oxygen atoms in total. The number of nitro groups is 1. The second-order valence-electron chi connectivity index (χ2n) is 6.79. The van der Waals surface area contributed by atoms with Gasteiger partial charge in [-0.15, -0.1) is 11.3 Å². The van der Waals surface area contributed by atoms with Gasteiger partial charge in [0.1, 0.15) is 5.69 Å². The van der Waals surface area contributed by atoms with Crippen LogP contribution >= 0.6 is 11.3 Å². The summed E-state index contributed by atoms with van der Waals surface area (Å²) < 4.78 is 5.73. The van der Waals surface area contributed by atoms with Crippen LogP contribution in [0.1, 0.15) is 29.9 Å². The number of nitrogens with one attached hydrogen (secondary N) is 2. The Morgan fingerprint density at radius 1 is 1.39 bits per heavy atom. The van der Waals surface area contributed by atoms with Gasteiger partial charge in [-0.1, -0.05) is 0 Å². The average Bonchev–Trinajstić information content (AvgIpc) is 3.06. The van der Waals surface area contributed by atoms with E-state index >= 15 is 0 Å². The minimum atomic E-state index is -0.519. The van der Waals surface area contributed by atoms with Gasteiger partial charge in [-0.05, 0) is 26.0 Å². The molecule has 3 rings (SSSR count). The summed E-state index contributed by atoms with van der Waals surface area (Å²) in [4.78, 5) is 29.8. The van der Waals surface area contributed by atoms with Crippen molar-refractivity contribution in [3.63, 3.8) is 0 Å². The largest absolute Gasteiger partial charge is 0.383 e. The maximum Gasteiger partial charge on any atom is 0.293 e. The molecule has 1 aromatic heterocycles. The van der Waals surface area contributed by atoms with Gasteiger partial charge in [0.25, 0.3) is 11.6 Å². The van der Waals surface area contributed by atoms with E-state index in [1.165, 1.54) is 23.5 Å². The highest BCUT2D eigenvalue weighted by Gasteiger charge is 2.23. The van der Waals surface area contributed by atoms with Crippen LogP contribution in [0.3, 0.4) is 0 Å². The molecule has 1 amide bonds. The average molecular weight is 405 g/mol. The molecule has 0 saturated carbocycles. The van der Waals surface area contributed by atoms with E-state index < -0.39 is 10.8 Å². The first-order valence-electron chi connectivity index (χ1n) is 8.95. The van der Waals surface area contributed by atoms with E-state index in [4.69, 9.17) is 4.74 Å². The molecule has 150 valence electrons. The molecule has 1 aliphatic heterocycles. The second kappa shape index (κ2) is 8.63. The van der Waals surface area contributed by atoms with Crippen LogP contribution in [-0.2, 0) is 11.3 Å². The summed E-state index contributed by atoms with van der Waals surface area (Å²) >= 11 is 1.33. The highest BCUT2D eigenvalue weighted by molar-refractivity contribution is 7.13. The van der Waals surface area contributed by atoms with E-state index in [0.29, 0.717) is 17.4 Å². The lowest BCUT2D eigenvalue weighted by molar-refractivity contribution is -0.384. The second-order valence-corrected chi connectivity index (χ2v) is 7.65. The van der Waals surface area contributed by atoms with Crippen LogP contribution in [0.5, 0.6) is 0 Å². The van der Waals surface area contributed by atoms with E-state index in [1.807, 2.05) is 19.2 Å². The van der Waals surface area contributed by atoms with Gasteiger partial charge in [0.05, 0.1) is 22.8 Å². The fourth-order valence-electron chi connectivity index (χ4n) is 3.28. The summed E-state index contributed by atoms with van der Waals surface area (Å²) in [6.45, 7) is 6.46. The third-order valence-corrected chi connectivity index (χ3v) is 5.19. The molecule has 0 bridgehead atoms. The molecule has 1 saturated heterocycles. The van der Waals surface area contributed by atoms with Crippen molar-refractivity contribution in [2.24, 2.45) is 0 Å². The van der Waals surface area contributed by atoms with Crippen molar-refractivity contribution in [1.29, 1.82) is 0 Å². The van der Waals surface area contributed by atoms with Gasteiger partial charge in [-0.2, -0.15) is 0 Å². The molecule has 0 radical (unpaired) electrons. The Kier molecular flexibility index (Phi) is 6.22. The van der Waals surface area contributed by atoms with Crippen LogP contribution in [0.4, 0.5) is 16.5 Å². The number of nitrogens with zero attached hydrogens (tertiary/aromatic N) is 3. The van der Waals surface area contributed by atoms with E-state index in [0.717, 1.165) is 18.8 Å². The minimum absolute atomic E-state index is 0.148. The summed E-state index contributed by atoms with van der Waals surface area (Å²) in [5, 5.41) is 19.0. The molecule has 2 N–H and O–H groups in total. The smallest absolute Gasteiger partial charge is 0.293 e. The van der Waals surface area contributed by atoms with Crippen molar-refractivity contribution in [2.45, 2.75) is 32.6 Å². The number of hydrogen-bond acceptors (Lipinski definition) is 8. The van der Waals surface area contributed by atoms with Crippen LogP contribution in [0.2, 0.25) is 0 Å². The molecule has 0 aliphatic carbocycles. The first kappa shape index (κ1) is 20.2.